The maximum absolute atomic E-state index is 12.4. The molecule has 0 radical (unpaired) electrons. The Labute approximate surface area is 244 Å². The average molecular weight is 579 g/mol. The van der Waals surface area contributed by atoms with Gasteiger partial charge in [-0.1, -0.05) is 57.2 Å². The van der Waals surface area contributed by atoms with Crippen LogP contribution in [0, 0.1) is 0 Å². The first-order chi connectivity index (χ1) is 19.4. The van der Waals surface area contributed by atoms with Gasteiger partial charge >= 0.3 is 0 Å². The summed E-state index contributed by atoms with van der Waals surface area (Å²) in [6.07, 6.45) is 2.28. The van der Waals surface area contributed by atoms with Crippen molar-refractivity contribution >= 4 is 25.1 Å². The van der Waals surface area contributed by atoms with Crippen LogP contribution in [-0.2, 0) is 15.8 Å². The van der Waals surface area contributed by atoms with Gasteiger partial charge in [-0.3, -0.25) is 9.59 Å². The molecule has 0 saturated carbocycles. The highest BCUT2D eigenvalue weighted by atomic mass is 28.4. The van der Waals surface area contributed by atoms with Gasteiger partial charge in [-0.15, -0.1) is 0 Å². The van der Waals surface area contributed by atoms with Crippen molar-refractivity contribution in [1.29, 1.82) is 0 Å². The van der Waals surface area contributed by atoms with Crippen LogP contribution in [0.3, 0.4) is 0 Å². The summed E-state index contributed by atoms with van der Waals surface area (Å²) in [6.45, 7) is 15.0. The monoisotopic (exact) mass is 578 g/mol. The molecule has 1 fully saturated rings. The number of phenolic OH excluding ortho intramolecular Hbond substituents is 1. The fraction of sp³-hybridized carbons (Fsp3) is 0.500. The molecule has 0 bridgehead atoms. The molecule has 0 spiro atoms. The predicted octanol–water partition coefficient (Wildman–Crippen LogP) is 5.06. The summed E-state index contributed by atoms with van der Waals surface area (Å²) in [6, 6.07) is 17.2. The van der Waals surface area contributed by atoms with Gasteiger partial charge in [0.25, 0.3) is 0 Å². The van der Waals surface area contributed by atoms with Crippen LogP contribution in [0.4, 0.5) is 0 Å². The molecule has 0 aliphatic carbocycles. The van der Waals surface area contributed by atoms with Crippen LogP contribution in [0.2, 0.25) is 18.1 Å². The summed E-state index contributed by atoms with van der Waals surface area (Å²) in [5.41, 5.74) is 2.27. The highest BCUT2D eigenvalue weighted by molar-refractivity contribution is 6.74. The maximum atomic E-state index is 12.4. The number of amides is 1. The summed E-state index contributed by atoms with van der Waals surface area (Å²) < 4.78 is 6.95. The number of piperidine rings is 1. The number of aromatic nitrogens is 1. The second-order valence-electron chi connectivity index (χ2n) is 12.7. The van der Waals surface area contributed by atoms with E-state index in [4.69, 9.17) is 4.43 Å². The Kier molecular flexibility index (Phi) is 10.1. The SMILES string of the molecule is CC(C)(C)[Si](C)(C)O[C@H](CNC1CCN(CCC(=O)NCc2ccccc2)CC1)c1ccc(O)c2[nH]c(=O)ccc12. The Morgan fingerprint density at radius 2 is 1.80 bits per heavy atom. The minimum atomic E-state index is -2.13. The fourth-order valence-corrected chi connectivity index (χ4v) is 6.34. The number of nitrogens with zero attached hydrogens (tertiary/aromatic N) is 1. The Balaban J connectivity index is 1.35. The maximum Gasteiger partial charge on any atom is 0.248 e. The Morgan fingerprint density at radius 3 is 2.49 bits per heavy atom. The van der Waals surface area contributed by atoms with Crippen LogP contribution < -0.4 is 16.2 Å². The highest BCUT2D eigenvalue weighted by Crippen LogP contribution is 2.41. The van der Waals surface area contributed by atoms with Crippen LogP contribution in [0.15, 0.2) is 59.4 Å². The Bertz CT molecular complexity index is 1360. The molecular weight excluding hydrogens is 532 g/mol. The number of aromatic amines is 1. The number of carbonyl (C=O) groups excluding carboxylic acids is 1. The summed E-state index contributed by atoms with van der Waals surface area (Å²) in [5.74, 6) is 0.142. The van der Waals surface area contributed by atoms with Crippen molar-refractivity contribution in [2.24, 2.45) is 0 Å². The zero-order valence-corrected chi connectivity index (χ0v) is 26.1. The van der Waals surface area contributed by atoms with Crippen molar-refractivity contribution in [3.05, 3.63) is 76.1 Å². The number of hydrogen-bond donors (Lipinski definition) is 4. The van der Waals surface area contributed by atoms with Crippen molar-refractivity contribution in [1.82, 2.24) is 20.5 Å². The smallest absolute Gasteiger partial charge is 0.248 e. The van der Waals surface area contributed by atoms with Gasteiger partial charge in [0.05, 0.1) is 11.6 Å². The third-order valence-corrected chi connectivity index (χ3v) is 13.2. The number of likely N-dealkylation sites (tertiary alicyclic amines) is 1. The van der Waals surface area contributed by atoms with Crippen molar-refractivity contribution in [3.8, 4) is 5.75 Å². The number of nitrogens with one attached hydrogen (secondary N) is 3. The number of rotatable bonds is 11. The number of aromatic hydroxyl groups is 1. The van der Waals surface area contributed by atoms with E-state index in [1.807, 2.05) is 36.4 Å². The Morgan fingerprint density at radius 1 is 1.10 bits per heavy atom. The lowest BCUT2D eigenvalue weighted by atomic mass is 10.0. The van der Waals surface area contributed by atoms with Gasteiger partial charge in [0, 0.05) is 43.5 Å². The third-order valence-electron chi connectivity index (χ3n) is 8.66. The van der Waals surface area contributed by atoms with Crippen molar-refractivity contribution in [2.45, 2.75) is 76.9 Å². The molecule has 1 aliphatic heterocycles. The van der Waals surface area contributed by atoms with E-state index in [-0.39, 0.29) is 28.4 Å². The number of phenols is 1. The van der Waals surface area contributed by atoms with E-state index >= 15 is 0 Å². The minimum absolute atomic E-state index is 0.0328. The van der Waals surface area contributed by atoms with Gasteiger partial charge < -0.3 is 30.0 Å². The zero-order chi connectivity index (χ0) is 29.6. The molecule has 41 heavy (non-hydrogen) atoms. The van der Waals surface area contributed by atoms with Crippen molar-refractivity contribution in [3.63, 3.8) is 0 Å². The Hall–Kier alpha value is -2.98. The molecule has 3 aromatic rings. The summed E-state index contributed by atoms with van der Waals surface area (Å²) in [4.78, 5) is 29.5. The lowest BCUT2D eigenvalue weighted by Crippen LogP contribution is -2.47. The van der Waals surface area contributed by atoms with Gasteiger partial charge in [0.15, 0.2) is 8.32 Å². The van der Waals surface area contributed by atoms with Crippen molar-refractivity contribution in [2.75, 3.05) is 26.2 Å². The molecule has 4 N–H and O–H groups in total. The fourth-order valence-electron chi connectivity index (χ4n) is 5.07. The van der Waals surface area contributed by atoms with E-state index in [2.05, 4.69) is 54.4 Å². The first-order valence-corrected chi connectivity index (χ1v) is 17.6. The van der Waals surface area contributed by atoms with E-state index in [9.17, 15) is 14.7 Å². The van der Waals surface area contributed by atoms with Crippen molar-refractivity contribution < 1.29 is 14.3 Å². The van der Waals surface area contributed by atoms with Crippen LogP contribution in [0.5, 0.6) is 5.75 Å². The molecule has 0 unspecified atom stereocenters. The van der Waals surface area contributed by atoms with E-state index in [1.54, 1.807) is 12.1 Å². The first-order valence-electron chi connectivity index (χ1n) is 14.7. The van der Waals surface area contributed by atoms with Crippen LogP contribution in [0.25, 0.3) is 10.9 Å². The van der Waals surface area contributed by atoms with Crippen LogP contribution in [0.1, 0.15) is 57.3 Å². The van der Waals surface area contributed by atoms with Gasteiger partial charge in [-0.05, 0) is 67.3 Å². The third kappa shape index (κ3) is 8.29. The normalized spacial score (nSPS) is 16.1. The number of fused-ring (bicyclic) bond motifs is 1. The molecule has 2 heterocycles. The largest absolute Gasteiger partial charge is 0.506 e. The molecule has 4 rings (SSSR count). The van der Waals surface area contributed by atoms with Crippen LogP contribution in [-0.4, -0.2) is 61.4 Å². The average Bonchev–Trinajstić information content (AvgIpc) is 2.94. The van der Waals surface area contributed by atoms with Crippen LogP contribution >= 0.6 is 0 Å². The molecule has 1 saturated heterocycles. The van der Waals surface area contributed by atoms with E-state index in [1.165, 1.54) is 6.07 Å². The lowest BCUT2D eigenvalue weighted by molar-refractivity contribution is -0.121. The number of hydrogen-bond acceptors (Lipinski definition) is 6. The highest BCUT2D eigenvalue weighted by Gasteiger charge is 2.40. The molecule has 2 aromatic carbocycles. The second-order valence-corrected chi connectivity index (χ2v) is 17.4. The molecule has 1 aromatic heterocycles. The quantitative estimate of drug-likeness (QED) is 0.237. The van der Waals surface area contributed by atoms with Gasteiger partial charge in [0.2, 0.25) is 11.5 Å². The molecule has 1 atom stereocenters. The molecule has 222 valence electrons. The number of carbonyl (C=O) groups is 1. The molecule has 8 nitrogen and oxygen atoms in total. The summed E-state index contributed by atoms with van der Waals surface area (Å²) >= 11 is 0. The standard InChI is InChI=1S/C32H46N4O4Si/c1-32(2,3)41(4,5)40-28(25-11-13-27(37)31-26(25)12-14-30(39)35-31)22-33-24-15-18-36(19-16-24)20-17-29(38)34-21-23-9-7-6-8-10-23/h6-14,24,28,33,37H,15-22H2,1-5H3,(H,34,38)(H,35,39)/t28-/m1/s1. The second kappa shape index (κ2) is 13.3. The number of benzene rings is 2. The topological polar surface area (TPSA) is 107 Å². The minimum Gasteiger partial charge on any atom is -0.506 e. The summed E-state index contributed by atoms with van der Waals surface area (Å²) in [5, 5.41) is 18.1. The molecule has 1 aliphatic rings. The molecular formula is C32H46N4O4Si. The van der Waals surface area contributed by atoms with Gasteiger partial charge in [0.1, 0.15) is 5.75 Å². The molecule has 1 amide bonds. The predicted molar refractivity (Wildman–Crippen MR) is 168 cm³/mol. The lowest BCUT2D eigenvalue weighted by Gasteiger charge is -2.40. The number of pyridine rings is 1. The summed E-state index contributed by atoms with van der Waals surface area (Å²) in [7, 11) is -2.13. The zero-order valence-electron chi connectivity index (χ0n) is 25.1. The van der Waals surface area contributed by atoms with E-state index in [0.717, 1.165) is 49.0 Å². The van der Waals surface area contributed by atoms with E-state index in [0.29, 0.717) is 31.1 Å². The first kappa shape index (κ1) is 31.0. The van der Waals surface area contributed by atoms with Gasteiger partial charge in [-0.2, -0.15) is 0 Å². The van der Waals surface area contributed by atoms with Gasteiger partial charge in [-0.25, -0.2) is 0 Å². The molecule has 9 heteroatoms. The van der Waals surface area contributed by atoms with E-state index < -0.39 is 8.32 Å². The number of H-pyrrole nitrogens is 1.